The second-order valence-corrected chi connectivity index (χ2v) is 4.42. The van der Waals surface area contributed by atoms with Gasteiger partial charge in [0.25, 0.3) is 0 Å². The van der Waals surface area contributed by atoms with Crippen molar-refractivity contribution < 1.29 is 4.79 Å². The SMILES string of the molecule is CCCC(C)C(=O)N1CCC(C#N)CC1. The summed E-state index contributed by atoms with van der Waals surface area (Å²) in [7, 11) is 0. The van der Waals surface area contributed by atoms with Crippen molar-refractivity contribution in [3.63, 3.8) is 0 Å². The molecule has 1 unspecified atom stereocenters. The topological polar surface area (TPSA) is 44.1 Å². The molecule has 3 nitrogen and oxygen atoms in total. The van der Waals surface area contributed by atoms with Crippen LogP contribution < -0.4 is 0 Å². The zero-order valence-electron chi connectivity index (χ0n) is 9.70. The Morgan fingerprint density at radius 2 is 2.13 bits per heavy atom. The summed E-state index contributed by atoms with van der Waals surface area (Å²) in [5.41, 5.74) is 0. The maximum absolute atomic E-state index is 11.9. The van der Waals surface area contributed by atoms with Crippen LogP contribution >= 0.6 is 0 Å². The minimum absolute atomic E-state index is 0.147. The number of hydrogen-bond acceptors (Lipinski definition) is 2. The van der Waals surface area contributed by atoms with Gasteiger partial charge in [-0.15, -0.1) is 0 Å². The summed E-state index contributed by atoms with van der Waals surface area (Å²) in [5, 5.41) is 8.76. The summed E-state index contributed by atoms with van der Waals surface area (Å²) in [6.07, 6.45) is 3.72. The van der Waals surface area contributed by atoms with Gasteiger partial charge in [-0.3, -0.25) is 4.79 Å². The van der Waals surface area contributed by atoms with Gasteiger partial charge in [-0.1, -0.05) is 20.3 Å². The summed E-state index contributed by atoms with van der Waals surface area (Å²) < 4.78 is 0. The molecule has 1 fully saturated rings. The quantitative estimate of drug-likeness (QED) is 0.713. The lowest BCUT2D eigenvalue weighted by Crippen LogP contribution is -2.40. The monoisotopic (exact) mass is 208 g/mol. The number of likely N-dealkylation sites (tertiary alicyclic amines) is 1. The predicted molar refractivity (Wildman–Crippen MR) is 59.0 cm³/mol. The molecule has 1 amide bonds. The molecule has 0 bridgehead atoms. The van der Waals surface area contributed by atoms with Crippen LogP contribution in [0.25, 0.3) is 0 Å². The van der Waals surface area contributed by atoms with E-state index in [1.165, 1.54) is 0 Å². The Balaban J connectivity index is 2.40. The molecule has 15 heavy (non-hydrogen) atoms. The van der Waals surface area contributed by atoms with Crippen LogP contribution in [-0.2, 0) is 4.79 Å². The number of piperidine rings is 1. The number of nitriles is 1. The smallest absolute Gasteiger partial charge is 0.225 e. The van der Waals surface area contributed by atoms with Crippen molar-refractivity contribution in [3.8, 4) is 6.07 Å². The van der Waals surface area contributed by atoms with E-state index in [1.54, 1.807) is 0 Å². The Bertz CT molecular complexity index is 249. The Labute approximate surface area is 92.1 Å². The minimum atomic E-state index is 0.147. The highest BCUT2D eigenvalue weighted by atomic mass is 16.2. The number of carbonyl (C=O) groups excluding carboxylic acids is 1. The number of nitrogens with zero attached hydrogens (tertiary/aromatic N) is 2. The van der Waals surface area contributed by atoms with E-state index in [9.17, 15) is 4.79 Å². The average Bonchev–Trinajstić information content (AvgIpc) is 2.28. The van der Waals surface area contributed by atoms with E-state index in [1.807, 2.05) is 11.8 Å². The van der Waals surface area contributed by atoms with Gasteiger partial charge in [0.05, 0.1) is 6.07 Å². The Hall–Kier alpha value is -1.04. The zero-order chi connectivity index (χ0) is 11.3. The number of amides is 1. The number of rotatable bonds is 3. The normalized spacial score (nSPS) is 19.7. The third-order valence-corrected chi connectivity index (χ3v) is 3.13. The van der Waals surface area contributed by atoms with Gasteiger partial charge < -0.3 is 4.90 Å². The van der Waals surface area contributed by atoms with Gasteiger partial charge in [0.2, 0.25) is 5.91 Å². The molecule has 1 aliphatic heterocycles. The summed E-state index contributed by atoms with van der Waals surface area (Å²) in [4.78, 5) is 13.9. The highest BCUT2D eigenvalue weighted by Gasteiger charge is 2.25. The Morgan fingerprint density at radius 3 is 2.60 bits per heavy atom. The molecule has 0 spiro atoms. The van der Waals surface area contributed by atoms with Crippen molar-refractivity contribution in [3.05, 3.63) is 0 Å². The maximum atomic E-state index is 11.9. The van der Waals surface area contributed by atoms with Crippen molar-refractivity contribution >= 4 is 5.91 Å². The lowest BCUT2D eigenvalue weighted by atomic mass is 9.96. The molecule has 0 aromatic heterocycles. The predicted octanol–water partition coefficient (Wildman–Crippen LogP) is 2.18. The third kappa shape index (κ3) is 3.23. The molecule has 0 saturated carbocycles. The summed E-state index contributed by atoms with van der Waals surface area (Å²) in [5.74, 6) is 0.581. The zero-order valence-corrected chi connectivity index (χ0v) is 9.70. The molecule has 1 heterocycles. The van der Waals surface area contributed by atoms with E-state index in [4.69, 9.17) is 5.26 Å². The Morgan fingerprint density at radius 1 is 1.53 bits per heavy atom. The molecular formula is C12H20N2O. The highest BCUT2D eigenvalue weighted by molar-refractivity contribution is 5.78. The molecule has 0 N–H and O–H groups in total. The Kier molecular flexibility index (Phi) is 4.61. The molecule has 0 aromatic carbocycles. The molecule has 84 valence electrons. The fourth-order valence-corrected chi connectivity index (χ4v) is 2.10. The second kappa shape index (κ2) is 5.75. The molecule has 1 atom stereocenters. The summed E-state index contributed by atoms with van der Waals surface area (Å²) in [6.45, 7) is 5.64. The van der Waals surface area contributed by atoms with Crippen LogP contribution in [0.1, 0.15) is 39.5 Å². The van der Waals surface area contributed by atoms with Crippen LogP contribution in [0, 0.1) is 23.2 Å². The van der Waals surface area contributed by atoms with Gasteiger partial charge in [0.15, 0.2) is 0 Å². The first-order chi connectivity index (χ1) is 7.19. The molecule has 3 heteroatoms. The number of carbonyl (C=O) groups is 1. The first kappa shape index (κ1) is 12.0. The fraction of sp³-hybridized carbons (Fsp3) is 0.833. The molecule has 1 aliphatic rings. The lowest BCUT2D eigenvalue weighted by molar-refractivity contribution is -0.136. The summed E-state index contributed by atoms with van der Waals surface area (Å²) >= 11 is 0. The lowest BCUT2D eigenvalue weighted by Gasteiger charge is -2.31. The van der Waals surface area contributed by atoms with Crippen molar-refractivity contribution in [1.82, 2.24) is 4.90 Å². The first-order valence-electron chi connectivity index (χ1n) is 5.87. The van der Waals surface area contributed by atoms with E-state index in [2.05, 4.69) is 13.0 Å². The molecule has 0 radical (unpaired) electrons. The van der Waals surface area contributed by atoms with Crippen molar-refractivity contribution in [1.29, 1.82) is 5.26 Å². The van der Waals surface area contributed by atoms with Gasteiger partial charge in [0, 0.05) is 24.9 Å². The number of hydrogen-bond donors (Lipinski definition) is 0. The molecular weight excluding hydrogens is 188 g/mol. The first-order valence-corrected chi connectivity index (χ1v) is 5.87. The van der Waals surface area contributed by atoms with Crippen LogP contribution in [-0.4, -0.2) is 23.9 Å². The van der Waals surface area contributed by atoms with E-state index in [0.717, 1.165) is 38.8 Å². The fourth-order valence-electron chi connectivity index (χ4n) is 2.10. The van der Waals surface area contributed by atoms with Crippen LogP contribution in [0.4, 0.5) is 0 Å². The van der Waals surface area contributed by atoms with E-state index >= 15 is 0 Å². The van der Waals surface area contributed by atoms with Gasteiger partial charge in [-0.05, 0) is 19.3 Å². The van der Waals surface area contributed by atoms with Crippen LogP contribution in [0.5, 0.6) is 0 Å². The molecule has 1 saturated heterocycles. The molecule has 0 aliphatic carbocycles. The molecule has 1 rings (SSSR count). The molecule has 0 aromatic rings. The van der Waals surface area contributed by atoms with Crippen molar-refractivity contribution in [2.24, 2.45) is 11.8 Å². The van der Waals surface area contributed by atoms with E-state index < -0.39 is 0 Å². The van der Waals surface area contributed by atoms with Crippen LogP contribution in [0.2, 0.25) is 0 Å². The van der Waals surface area contributed by atoms with Crippen molar-refractivity contribution in [2.75, 3.05) is 13.1 Å². The van der Waals surface area contributed by atoms with E-state index in [0.29, 0.717) is 0 Å². The average molecular weight is 208 g/mol. The summed E-state index contributed by atoms with van der Waals surface area (Å²) in [6, 6.07) is 2.28. The highest BCUT2D eigenvalue weighted by Crippen LogP contribution is 2.19. The van der Waals surface area contributed by atoms with Crippen LogP contribution in [0.3, 0.4) is 0 Å². The largest absolute Gasteiger partial charge is 0.342 e. The maximum Gasteiger partial charge on any atom is 0.225 e. The van der Waals surface area contributed by atoms with Gasteiger partial charge in [-0.2, -0.15) is 5.26 Å². The minimum Gasteiger partial charge on any atom is -0.342 e. The van der Waals surface area contributed by atoms with E-state index in [-0.39, 0.29) is 17.7 Å². The standard InChI is InChI=1S/C12H20N2O/c1-3-4-10(2)12(15)14-7-5-11(9-13)6-8-14/h10-11H,3-8H2,1-2H3. The van der Waals surface area contributed by atoms with Crippen molar-refractivity contribution in [2.45, 2.75) is 39.5 Å². The third-order valence-electron chi connectivity index (χ3n) is 3.13. The van der Waals surface area contributed by atoms with Gasteiger partial charge >= 0.3 is 0 Å². The van der Waals surface area contributed by atoms with Gasteiger partial charge in [0.1, 0.15) is 0 Å². The van der Waals surface area contributed by atoms with Gasteiger partial charge in [-0.25, -0.2) is 0 Å². The van der Waals surface area contributed by atoms with Crippen LogP contribution in [0.15, 0.2) is 0 Å². The second-order valence-electron chi connectivity index (χ2n) is 4.42.